The molecule has 1 heterocycles. The highest BCUT2D eigenvalue weighted by molar-refractivity contribution is 6.43. The van der Waals surface area contributed by atoms with Gasteiger partial charge in [0.25, 0.3) is 5.91 Å². The van der Waals surface area contributed by atoms with Crippen LogP contribution in [0.15, 0.2) is 12.1 Å². The van der Waals surface area contributed by atoms with Crippen LogP contribution < -0.4 is 11.1 Å². The van der Waals surface area contributed by atoms with E-state index in [0.29, 0.717) is 27.8 Å². The van der Waals surface area contributed by atoms with Crippen molar-refractivity contribution in [2.24, 2.45) is 0 Å². The summed E-state index contributed by atoms with van der Waals surface area (Å²) in [4.78, 5) is 14.5. The molecule has 0 bridgehead atoms. The Morgan fingerprint density at radius 1 is 1.24 bits per heavy atom. The number of piperidine rings is 1. The van der Waals surface area contributed by atoms with Gasteiger partial charge in [0, 0.05) is 12.1 Å². The van der Waals surface area contributed by atoms with Gasteiger partial charge in [0.1, 0.15) is 0 Å². The smallest absolute Gasteiger partial charge is 0.251 e. The highest BCUT2D eigenvalue weighted by atomic mass is 35.5. The predicted octanol–water partition coefficient (Wildman–Crippen LogP) is 3.18. The molecule has 0 spiro atoms. The van der Waals surface area contributed by atoms with Gasteiger partial charge in [-0.3, -0.25) is 4.79 Å². The van der Waals surface area contributed by atoms with Crippen molar-refractivity contribution in [2.75, 3.05) is 31.9 Å². The summed E-state index contributed by atoms with van der Waals surface area (Å²) in [6.07, 6.45) is 4.86. The zero-order chi connectivity index (χ0) is 15.2. The molecule has 1 fully saturated rings. The lowest BCUT2D eigenvalue weighted by molar-refractivity contribution is 0.0951. The van der Waals surface area contributed by atoms with E-state index in [1.54, 1.807) is 12.1 Å². The van der Waals surface area contributed by atoms with Crippen LogP contribution in [0.3, 0.4) is 0 Å². The Kier molecular flexibility index (Phi) is 6.15. The molecule has 1 saturated heterocycles. The summed E-state index contributed by atoms with van der Waals surface area (Å²) >= 11 is 11.8. The SMILES string of the molecule is Nc1cc(C(=O)NCCCN2CCCCC2)cc(Cl)c1Cl. The standard InChI is InChI=1S/C15H21Cl2N3O/c16-12-9-11(10-13(18)14(12)17)15(21)19-5-4-8-20-6-2-1-3-7-20/h9-10H,1-8,18H2,(H,19,21). The molecule has 0 radical (unpaired) electrons. The summed E-state index contributed by atoms with van der Waals surface area (Å²) in [5.41, 5.74) is 6.47. The van der Waals surface area contributed by atoms with Crippen LogP contribution in [0.5, 0.6) is 0 Å². The summed E-state index contributed by atoms with van der Waals surface area (Å²) < 4.78 is 0. The fourth-order valence-electron chi connectivity index (χ4n) is 2.53. The van der Waals surface area contributed by atoms with Gasteiger partial charge in [0.2, 0.25) is 0 Å². The maximum atomic E-state index is 12.0. The zero-order valence-electron chi connectivity index (χ0n) is 12.0. The number of likely N-dealkylation sites (tertiary alicyclic amines) is 1. The molecule has 21 heavy (non-hydrogen) atoms. The van der Waals surface area contributed by atoms with E-state index in [-0.39, 0.29) is 5.91 Å². The normalized spacial score (nSPS) is 15.9. The number of carbonyl (C=O) groups excluding carboxylic acids is 1. The van der Waals surface area contributed by atoms with E-state index in [2.05, 4.69) is 10.2 Å². The highest BCUT2D eigenvalue weighted by Gasteiger charge is 2.12. The van der Waals surface area contributed by atoms with Crippen molar-refractivity contribution in [1.82, 2.24) is 10.2 Å². The molecule has 0 unspecified atom stereocenters. The second-order valence-corrected chi connectivity index (χ2v) is 6.16. The Morgan fingerprint density at radius 2 is 1.95 bits per heavy atom. The summed E-state index contributed by atoms with van der Waals surface area (Å²) in [6, 6.07) is 3.09. The maximum Gasteiger partial charge on any atom is 0.251 e. The van der Waals surface area contributed by atoms with Crippen molar-refractivity contribution in [2.45, 2.75) is 25.7 Å². The molecule has 3 N–H and O–H groups in total. The maximum absolute atomic E-state index is 12.0. The van der Waals surface area contributed by atoms with E-state index in [0.717, 1.165) is 13.0 Å². The van der Waals surface area contributed by atoms with Gasteiger partial charge in [0.05, 0.1) is 15.7 Å². The van der Waals surface area contributed by atoms with Crippen molar-refractivity contribution >= 4 is 34.8 Å². The molecule has 116 valence electrons. The Bertz CT molecular complexity index is 479. The third-order valence-corrected chi connectivity index (χ3v) is 4.52. The number of hydrogen-bond donors (Lipinski definition) is 2. The summed E-state index contributed by atoms with van der Waals surface area (Å²) in [5, 5.41) is 3.48. The molecule has 6 heteroatoms. The number of nitrogens with one attached hydrogen (secondary N) is 1. The summed E-state index contributed by atoms with van der Waals surface area (Å²) in [5.74, 6) is -0.168. The summed E-state index contributed by atoms with van der Waals surface area (Å²) in [7, 11) is 0. The molecule has 1 aliphatic rings. The van der Waals surface area contributed by atoms with Crippen LogP contribution in [0.1, 0.15) is 36.0 Å². The number of rotatable bonds is 5. The van der Waals surface area contributed by atoms with Crippen LogP contribution in [0.2, 0.25) is 10.0 Å². The Labute approximate surface area is 135 Å². The lowest BCUT2D eigenvalue weighted by Crippen LogP contribution is -2.33. The Morgan fingerprint density at radius 3 is 2.62 bits per heavy atom. The second kappa shape index (κ2) is 7.87. The fraction of sp³-hybridized carbons (Fsp3) is 0.533. The summed E-state index contributed by atoms with van der Waals surface area (Å²) in [6.45, 7) is 4.04. The van der Waals surface area contributed by atoms with Gasteiger partial charge in [0.15, 0.2) is 0 Å². The van der Waals surface area contributed by atoms with Gasteiger partial charge in [-0.2, -0.15) is 0 Å². The van der Waals surface area contributed by atoms with Gasteiger partial charge >= 0.3 is 0 Å². The fourth-order valence-corrected chi connectivity index (χ4v) is 2.87. The van der Waals surface area contributed by atoms with E-state index in [9.17, 15) is 4.79 Å². The molecule has 0 saturated carbocycles. The lowest BCUT2D eigenvalue weighted by atomic mass is 10.1. The molecule has 1 aromatic carbocycles. The van der Waals surface area contributed by atoms with Crippen LogP contribution in [0.25, 0.3) is 0 Å². The van der Waals surface area contributed by atoms with Crippen LogP contribution in [0, 0.1) is 0 Å². The molecule has 1 amide bonds. The molecule has 2 rings (SSSR count). The first-order valence-electron chi connectivity index (χ1n) is 7.33. The number of benzene rings is 1. The third-order valence-electron chi connectivity index (χ3n) is 3.70. The zero-order valence-corrected chi connectivity index (χ0v) is 13.5. The second-order valence-electron chi connectivity index (χ2n) is 5.37. The van der Waals surface area contributed by atoms with E-state index >= 15 is 0 Å². The quantitative estimate of drug-likeness (QED) is 0.644. The van der Waals surface area contributed by atoms with Crippen molar-refractivity contribution in [1.29, 1.82) is 0 Å². The molecule has 1 aromatic rings. The molecule has 4 nitrogen and oxygen atoms in total. The van der Waals surface area contributed by atoms with Crippen molar-refractivity contribution in [3.05, 3.63) is 27.7 Å². The average molecular weight is 330 g/mol. The number of nitrogens with zero attached hydrogens (tertiary/aromatic N) is 1. The highest BCUT2D eigenvalue weighted by Crippen LogP contribution is 2.29. The molecule has 1 aliphatic heterocycles. The Balaban J connectivity index is 1.76. The van der Waals surface area contributed by atoms with Crippen LogP contribution in [-0.4, -0.2) is 37.0 Å². The van der Waals surface area contributed by atoms with E-state index < -0.39 is 0 Å². The number of nitrogens with two attached hydrogens (primary N) is 1. The van der Waals surface area contributed by atoms with Gasteiger partial charge in [-0.15, -0.1) is 0 Å². The van der Waals surface area contributed by atoms with Crippen LogP contribution >= 0.6 is 23.2 Å². The van der Waals surface area contributed by atoms with Gasteiger partial charge < -0.3 is 16.0 Å². The third kappa shape index (κ3) is 4.77. The van der Waals surface area contributed by atoms with E-state index in [1.165, 1.54) is 32.4 Å². The molecular weight excluding hydrogens is 309 g/mol. The van der Waals surface area contributed by atoms with Gasteiger partial charge in [-0.1, -0.05) is 29.6 Å². The van der Waals surface area contributed by atoms with Crippen molar-refractivity contribution in [3.63, 3.8) is 0 Å². The molecular formula is C15H21Cl2N3O. The molecule has 0 aliphatic carbocycles. The largest absolute Gasteiger partial charge is 0.397 e. The van der Waals surface area contributed by atoms with Crippen molar-refractivity contribution in [3.8, 4) is 0 Å². The van der Waals surface area contributed by atoms with Gasteiger partial charge in [-0.25, -0.2) is 0 Å². The first kappa shape index (κ1) is 16.4. The average Bonchev–Trinajstić information content (AvgIpc) is 2.49. The minimum Gasteiger partial charge on any atom is -0.397 e. The number of halogens is 2. The van der Waals surface area contributed by atoms with Crippen molar-refractivity contribution < 1.29 is 4.79 Å². The van der Waals surface area contributed by atoms with Gasteiger partial charge in [-0.05, 0) is 51.0 Å². The lowest BCUT2D eigenvalue weighted by Gasteiger charge is -2.26. The van der Waals surface area contributed by atoms with Crippen LogP contribution in [0.4, 0.5) is 5.69 Å². The number of nitrogen functional groups attached to an aromatic ring is 1. The van der Waals surface area contributed by atoms with E-state index in [1.807, 2.05) is 0 Å². The molecule has 0 aromatic heterocycles. The van der Waals surface area contributed by atoms with Crippen LogP contribution in [-0.2, 0) is 0 Å². The number of amides is 1. The first-order valence-corrected chi connectivity index (χ1v) is 8.08. The predicted molar refractivity (Wildman–Crippen MR) is 88.1 cm³/mol. The molecule has 0 atom stereocenters. The minimum atomic E-state index is -0.168. The minimum absolute atomic E-state index is 0.168. The number of carbonyl (C=O) groups is 1. The monoisotopic (exact) mass is 329 g/mol. The first-order chi connectivity index (χ1) is 10.1. The Hall–Kier alpha value is -0.970. The number of anilines is 1. The van der Waals surface area contributed by atoms with E-state index in [4.69, 9.17) is 28.9 Å². The number of hydrogen-bond acceptors (Lipinski definition) is 3. The topological polar surface area (TPSA) is 58.4 Å².